The molecule has 1 amide bonds. The summed E-state index contributed by atoms with van der Waals surface area (Å²) in [7, 11) is 0. The van der Waals surface area contributed by atoms with E-state index in [0.717, 1.165) is 32.7 Å². The topological polar surface area (TPSA) is 41.4 Å². The number of nitrogens with zero attached hydrogens (tertiary/aromatic N) is 4. The minimum absolute atomic E-state index is 0.102. The molecule has 1 aliphatic rings. The van der Waals surface area contributed by atoms with Gasteiger partial charge in [-0.3, -0.25) is 14.4 Å². The highest BCUT2D eigenvalue weighted by Gasteiger charge is 2.26. The summed E-state index contributed by atoms with van der Waals surface area (Å²) in [5.74, 6) is 0.102. The summed E-state index contributed by atoms with van der Waals surface area (Å²) >= 11 is 5.89. The van der Waals surface area contributed by atoms with E-state index >= 15 is 0 Å². The Labute approximate surface area is 147 Å². The van der Waals surface area contributed by atoms with Gasteiger partial charge in [-0.25, -0.2) is 0 Å². The number of hydrogen-bond donors (Lipinski definition) is 0. The van der Waals surface area contributed by atoms with Crippen molar-refractivity contribution in [3.63, 3.8) is 0 Å². The molecule has 1 fully saturated rings. The SMILES string of the molecule is Cc1ccccc1CN1CCN(C(=O)C(C)n2cc(Cl)cn2)CC1. The third kappa shape index (κ3) is 3.79. The van der Waals surface area contributed by atoms with Crippen LogP contribution in [0.2, 0.25) is 5.02 Å². The molecule has 1 unspecified atom stereocenters. The largest absolute Gasteiger partial charge is 0.338 e. The number of carbonyl (C=O) groups excluding carboxylic acids is 1. The molecule has 1 atom stereocenters. The predicted molar refractivity (Wildman–Crippen MR) is 95.0 cm³/mol. The molecule has 0 N–H and O–H groups in total. The Morgan fingerprint density at radius 2 is 1.96 bits per heavy atom. The first kappa shape index (κ1) is 17.0. The maximum absolute atomic E-state index is 12.6. The van der Waals surface area contributed by atoms with Crippen molar-refractivity contribution in [1.29, 1.82) is 0 Å². The molecule has 0 bridgehead atoms. The molecule has 0 spiro atoms. The minimum atomic E-state index is -0.319. The van der Waals surface area contributed by atoms with Crippen LogP contribution < -0.4 is 0 Å². The number of hydrogen-bond acceptors (Lipinski definition) is 3. The van der Waals surface area contributed by atoms with E-state index in [9.17, 15) is 4.79 Å². The maximum atomic E-state index is 12.6. The number of carbonyl (C=O) groups is 1. The summed E-state index contributed by atoms with van der Waals surface area (Å²) in [5, 5.41) is 4.69. The minimum Gasteiger partial charge on any atom is -0.338 e. The second-order valence-corrected chi connectivity index (χ2v) is 6.78. The molecule has 2 aromatic rings. The van der Waals surface area contributed by atoms with E-state index in [1.807, 2.05) is 11.8 Å². The first-order valence-electron chi connectivity index (χ1n) is 8.30. The Hall–Kier alpha value is -1.85. The number of benzene rings is 1. The van der Waals surface area contributed by atoms with E-state index in [0.29, 0.717) is 5.02 Å². The maximum Gasteiger partial charge on any atom is 0.247 e. The second-order valence-electron chi connectivity index (χ2n) is 6.34. The number of aryl methyl sites for hydroxylation is 1. The van der Waals surface area contributed by atoms with E-state index < -0.39 is 0 Å². The molecule has 128 valence electrons. The Kier molecular flexibility index (Phi) is 5.21. The molecule has 1 saturated heterocycles. The molecule has 2 heterocycles. The van der Waals surface area contributed by atoms with Crippen molar-refractivity contribution in [1.82, 2.24) is 19.6 Å². The van der Waals surface area contributed by atoms with Crippen LogP contribution in [0.15, 0.2) is 36.7 Å². The Bertz CT molecular complexity index is 707. The van der Waals surface area contributed by atoms with E-state index in [1.165, 1.54) is 11.1 Å². The highest BCUT2D eigenvalue weighted by molar-refractivity contribution is 6.30. The van der Waals surface area contributed by atoms with Crippen molar-refractivity contribution in [2.75, 3.05) is 26.2 Å². The Morgan fingerprint density at radius 1 is 1.25 bits per heavy atom. The van der Waals surface area contributed by atoms with Gasteiger partial charge in [-0.15, -0.1) is 0 Å². The molecule has 1 aliphatic heterocycles. The highest BCUT2D eigenvalue weighted by Crippen LogP contribution is 2.16. The molecule has 6 heteroatoms. The van der Waals surface area contributed by atoms with Crippen LogP contribution in [0.4, 0.5) is 0 Å². The van der Waals surface area contributed by atoms with Gasteiger partial charge in [0.15, 0.2) is 0 Å². The quantitative estimate of drug-likeness (QED) is 0.854. The zero-order chi connectivity index (χ0) is 17.1. The Morgan fingerprint density at radius 3 is 2.58 bits per heavy atom. The highest BCUT2D eigenvalue weighted by atomic mass is 35.5. The number of piperazine rings is 1. The molecule has 1 aromatic carbocycles. The molecule has 1 aromatic heterocycles. The monoisotopic (exact) mass is 346 g/mol. The zero-order valence-electron chi connectivity index (χ0n) is 14.2. The van der Waals surface area contributed by atoms with Gasteiger partial charge in [0.25, 0.3) is 0 Å². The van der Waals surface area contributed by atoms with Gasteiger partial charge in [-0.2, -0.15) is 5.10 Å². The number of amides is 1. The van der Waals surface area contributed by atoms with E-state index in [4.69, 9.17) is 11.6 Å². The van der Waals surface area contributed by atoms with Gasteiger partial charge in [0.2, 0.25) is 5.91 Å². The lowest BCUT2D eigenvalue weighted by atomic mass is 10.1. The molecule has 3 rings (SSSR count). The van der Waals surface area contributed by atoms with E-state index in [2.05, 4.69) is 41.2 Å². The number of aromatic nitrogens is 2. The molecule has 0 aliphatic carbocycles. The summed E-state index contributed by atoms with van der Waals surface area (Å²) in [6.07, 6.45) is 3.25. The molecule has 5 nitrogen and oxygen atoms in total. The van der Waals surface area contributed by atoms with Crippen molar-refractivity contribution in [3.8, 4) is 0 Å². The van der Waals surface area contributed by atoms with Crippen molar-refractivity contribution in [2.24, 2.45) is 0 Å². The molecule has 0 saturated carbocycles. The Balaban J connectivity index is 1.55. The average molecular weight is 347 g/mol. The van der Waals surface area contributed by atoms with Gasteiger partial charge in [0.1, 0.15) is 6.04 Å². The lowest BCUT2D eigenvalue weighted by molar-refractivity contribution is -0.136. The van der Waals surface area contributed by atoms with Gasteiger partial charge in [0.05, 0.1) is 11.2 Å². The number of halogens is 1. The zero-order valence-corrected chi connectivity index (χ0v) is 14.9. The average Bonchev–Trinajstić information content (AvgIpc) is 3.03. The van der Waals surface area contributed by atoms with Crippen molar-refractivity contribution < 1.29 is 4.79 Å². The van der Waals surface area contributed by atoms with Crippen LogP contribution in [0.25, 0.3) is 0 Å². The van der Waals surface area contributed by atoms with Crippen LogP contribution in [-0.4, -0.2) is 51.7 Å². The summed E-state index contributed by atoms with van der Waals surface area (Å²) in [6.45, 7) is 8.25. The van der Waals surface area contributed by atoms with Crippen LogP contribution in [0.1, 0.15) is 24.1 Å². The smallest absolute Gasteiger partial charge is 0.247 e. The van der Waals surface area contributed by atoms with Gasteiger partial charge in [-0.05, 0) is 25.0 Å². The predicted octanol–water partition coefficient (Wildman–Crippen LogP) is 2.75. The summed E-state index contributed by atoms with van der Waals surface area (Å²) < 4.78 is 1.63. The second kappa shape index (κ2) is 7.36. The molecule has 0 radical (unpaired) electrons. The van der Waals surface area contributed by atoms with Crippen LogP contribution in [0, 0.1) is 6.92 Å². The fraction of sp³-hybridized carbons (Fsp3) is 0.444. The lowest BCUT2D eigenvalue weighted by Crippen LogP contribution is -2.50. The van der Waals surface area contributed by atoms with Crippen molar-refractivity contribution in [3.05, 3.63) is 52.8 Å². The van der Waals surface area contributed by atoms with Crippen molar-refractivity contribution >= 4 is 17.5 Å². The van der Waals surface area contributed by atoms with Gasteiger partial charge >= 0.3 is 0 Å². The standard InChI is InChI=1S/C18H23ClN4O/c1-14-5-3-4-6-16(14)12-21-7-9-22(10-8-21)18(24)15(2)23-13-17(19)11-20-23/h3-6,11,13,15H,7-10,12H2,1-2H3. The first-order chi connectivity index (χ1) is 11.5. The van der Waals surface area contributed by atoms with Crippen molar-refractivity contribution in [2.45, 2.75) is 26.4 Å². The van der Waals surface area contributed by atoms with Gasteiger partial charge in [0, 0.05) is 38.9 Å². The molecular formula is C18H23ClN4O. The van der Waals surface area contributed by atoms with E-state index in [-0.39, 0.29) is 11.9 Å². The lowest BCUT2D eigenvalue weighted by Gasteiger charge is -2.36. The van der Waals surface area contributed by atoms with Crippen LogP contribution in [0.5, 0.6) is 0 Å². The molecular weight excluding hydrogens is 324 g/mol. The van der Waals surface area contributed by atoms with Crippen LogP contribution in [0.3, 0.4) is 0 Å². The summed E-state index contributed by atoms with van der Waals surface area (Å²) in [6, 6.07) is 8.15. The van der Waals surface area contributed by atoms with Gasteiger partial charge < -0.3 is 4.90 Å². The van der Waals surface area contributed by atoms with Crippen LogP contribution >= 0.6 is 11.6 Å². The van der Waals surface area contributed by atoms with E-state index in [1.54, 1.807) is 17.1 Å². The fourth-order valence-electron chi connectivity index (χ4n) is 3.06. The first-order valence-corrected chi connectivity index (χ1v) is 8.67. The number of rotatable bonds is 4. The van der Waals surface area contributed by atoms with Gasteiger partial charge in [-0.1, -0.05) is 35.9 Å². The normalized spacial score (nSPS) is 17.0. The third-order valence-electron chi connectivity index (χ3n) is 4.66. The summed E-state index contributed by atoms with van der Waals surface area (Å²) in [5.41, 5.74) is 2.68. The third-order valence-corrected chi connectivity index (χ3v) is 4.86. The molecule has 24 heavy (non-hydrogen) atoms. The fourth-order valence-corrected chi connectivity index (χ4v) is 3.20. The van der Waals surface area contributed by atoms with Crippen LogP contribution in [-0.2, 0) is 11.3 Å². The summed E-state index contributed by atoms with van der Waals surface area (Å²) in [4.78, 5) is 17.0.